The molecule has 0 atom stereocenters. The van der Waals surface area contributed by atoms with Crippen LogP contribution >= 0.6 is 34.7 Å². The molecule has 1 aliphatic heterocycles. The zero-order valence-electron chi connectivity index (χ0n) is 17.2. The Balaban J connectivity index is 1.49. The fourth-order valence-corrected chi connectivity index (χ4v) is 4.68. The van der Waals surface area contributed by atoms with Gasteiger partial charge in [-0.2, -0.15) is 4.99 Å². The van der Waals surface area contributed by atoms with E-state index in [4.69, 9.17) is 16.3 Å². The average Bonchev–Trinajstić information content (AvgIpc) is 3.32. The van der Waals surface area contributed by atoms with Gasteiger partial charge in [0.2, 0.25) is 5.13 Å². The summed E-state index contributed by atoms with van der Waals surface area (Å²) in [5.41, 5.74) is 1.81. The summed E-state index contributed by atoms with van der Waals surface area (Å²) in [6.45, 7) is 6.36. The molecule has 2 aromatic carbocycles. The van der Waals surface area contributed by atoms with Gasteiger partial charge in [0.1, 0.15) is 17.4 Å². The first-order valence-corrected chi connectivity index (χ1v) is 11.7. The lowest BCUT2D eigenvalue weighted by atomic mass is 10.2. The van der Waals surface area contributed by atoms with Crippen molar-refractivity contribution in [2.24, 2.45) is 4.99 Å². The van der Waals surface area contributed by atoms with Crippen molar-refractivity contribution < 1.29 is 9.53 Å². The second-order valence-corrected chi connectivity index (χ2v) is 9.34. The summed E-state index contributed by atoms with van der Waals surface area (Å²) in [6.07, 6.45) is 3.52. The van der Waals surface area contributed by atoms with Gasteiger partial charge in [0.25, 0.3) is 5.91 Å². The largest absolute Gasteiger partial charge is 0.489 e. The van der Waals surface area contributed by atoms with Crippen LogP contribution in [-0.4, -0.2) is 32.7 Å². The lowest BCUT2D eigenvalue weighted by Gasteiger charge is -2.11. The number of hydrogen-bond donors (Lipinski definition) is 0. The number of nitrogens with zero attached hydrogens (tertiary/aromatic N) is 4. The fraction of sp³-hybridized carbons (Fsp3) is 0.130. The number of carbonyl (C=O) groups is 1. The van der Waals surface area contributed by atoms with E-state index in [0.29, 0.717) is 33.4 Å². The number of hydrogen-bond acceptors (Lipinski definition) is 7. The van der Waals surface area contributed by atoms with Gasteiger partial charge in [0.15, 0.2) is 5.17 Å². The monoisotopic (exact) mass is 482 g/mol. The van der Waals surface area contributed by atoms with Crippen molar-refractivity contribution in [3.8, 4) is 5.75 Å². The molecular weight excluding hydrogens is 464 g/mol. The maximum Gasteiger partial charge on any atom is 0.267 e. The number of amidine groups is 1. The van der Waals surface area contributed by atoms with Crippen molar-refractivity contribution in [2.75, 3.05) is 6.54 Å². The van der Waals surface area contributed by atoms with E-state index in [1.807, 2.05) is 61.5 Å². The summed E-state index contributed by atoms with van der Waals surface area (Å²) >= 11 is 8.86. The molecule has 0 saturated carbocycles. The van der Waals surface area contributed by atoms with E-state index in [-0.39, 0.29) is 5.91 Å². The quantitative estimate of drug-likeness (QED) is 0.311. The molecule has 0 spiro atoms. The van der Waals surface area contributed by atoms with Crippen molar-refractivity contribution in [2.45, 2.75) is 13.5 Å². The molecule has 1 saturated heterocycles. The van der Waals surface area contributed by atoms with E-state index in [9.17, 15) is 4.79 Å². The maximum absolute atomic E-state index is 12.9. The van der Waals surface area contributed by atoms with Gasteiger partial charge in [-0.05, 0) is 48.5 Å². The van der Waals surface area contributed by atoms with Crippen LogP contribution < -0.4 is 4.74 Å². The highest BCUT2D eigenvalue weighted by atomic mass is 35.5. The van der Waals surface area contributed by atoms with Crippen LogP contribution in [0.4, 0.5) is 5.13 Å². The standard InChI is InChI=1S/C23H19ClN4O2S2/c1-3-12-28-21(29)20(32-23(28)25-22-27-26-15(2)31-22)13-16-8-10-18(11-9-16)30-14-17-6-4-5-7-19(17)24/h3-11,13H,1,12,14H2,2H3/b20-13-,25-23+. The Labute approximate surface area is 199 Å². The number of halogens is 1. The number of carbonyl (C=O) groups excluding carboxylic acids is 1. The number of rotatable bonds is 7. The predicted octanol–water partition coefficient (Wildman–Crippen LogP) is 5.87. The van der Waals surface area contributed by atoms with Crippen LogP contribution in [0.1, 0.15) is 16.1 Å². The zero-order valence-corrected chi connectivity index (χ0v) is 19.6. The molecule has 32 heavy (non-hydrogen) atoms. The first kappa shape index (κ1) is 22.3. The molecule has 1 aromatic heterocycles. The molecule has 6 nitrogen and oxygen atoms in total. The van der Waals surface area contributed by atoms with Gasteiger partial charge in [-0.15, -0.1) is 16.8 Å². The Morgan fingerprint density at radius 2 is 1.97 bits per heavy atom. The number of aromatic nitrogens is 2. The van der Waals surface area contributed by atoms with Gasteiger partial charge in [0, 0.05) is 17.1 Å². The van der Waals surface area contributed by atoms with Crippen molar-refractivity contribution >= 4 is 57.0 Å². The highest BCUT2D eigenvalue weighted by Gasteiger charge is 2.32. The van der Waals surface area contributed by atoms with Gasteiger partial charge < -0.3 is 4.74 Å². The number of ether oxygens (including phenoxy) is 1. The summed E-state index contributed by atoms with van der Waals surface area (Å²) in [5.74, 6) is 0.605. The summed E-state index contributed by atoms with van der Waals surface area (Å²) in [4.78, 5) is 19.6. The van der Waals surface area contributed by atoms with Gasteiger partial charge in [0.05, 0.1) is 4.91 Å². The minimum atomic E-state index is -0.117. The summed E-state index contributed by atoms with van der Waals surface area (Å²) in [7, 11) is 0. The van der Waals surface area contributed by atoms with Gasteiger partial charge in [-0.1, -0.05) is 59.3 Å². The van der Waals surface area contributed by atoms with Crippen molar-refractivity contribution in [1.82, 2.24) is 15.1 Å². The molecule has 1 aliphatic rings. The molecule has 9 heteroatoms. The molecule has 3 aromatic rings. The topological polar surface area (TPSA) is 67.7 Å². The molecule has 162 valence electrons. The van der Waals surface area contributed by atoms with E-state index < -0.39 is 0 Å². The molecule has 1 amide bonds. The van der Waals surface area contributed by atoms with Crippen molar-refractivity contribution in [3.63, 3.8) is 0 Å². The molecule has 1 fully saturated rings. The second-order valence-electron chi connectivity index (χ2n) is 6.76. The molecule has 0 radical (unpaired) electrons. The lowest BCUT2D eigenvalue weighted by molar-refractivity contribution is -0.121. The van der Waals surface area contributed by atoms with Gasteiger partial charge >= 0.3 is 0 Å². The smallest absolute Gasteiger partial charge is 0.267 e. The third-order valence-corrected chi connectivity index (χ3v) is 6.54. The van der Waals surface area contributed by atoms with Crippen LogP contribution in [0.3, 0.4) is 0 Å². The van der Waals surface area contributed by atoms with E-state index in [1.165, 1.54) is 23.1 Å². The third kappa shape index (κ3) is 5.27. The van der Waals surface area contributed by atoms with Crippen LogP contribution in [0.25, 0.3) is 6.08 Å². The summed E-state index contributed by atoms with van der Waals surface area (Å²) < 4.78 is 5.83. The Kier molecular flexibility index (Phi) is 7.04. The SMILES string of the molecule is C=CCN1C(=O)/C(=C/c2ccc(OCc3ccccc3Cl)cc2)S/C1=N/c1nnc(C)s1. The average molecular weight is 483 g/mol. The van der Waals surface area contributed by atoms with E-state index in [0.717, 1.165) is 21.9 Å². The summed E-state index contributed by atoms with van der Waals surface area (Å²) in [6, 6.07) is 15.1. The Hall–Kier alpha value is -2.94. The first-order chi connectivity index (χ1) is 15.5. The van der Waals surface area contributed by atoms with E-state index >= 15 is 0 Å². The molecule has 2 heterocycles. The third-order valence-electron chi connectivity index (χ3n) is 4.44. The van der Waals surface area contributed by atoms with E-state index in [2.05, 4.69) is 21.8 Å². The summed E-state index contributed by atoms with van der Waals surface area (Å²) in [5, 5.41) is 10.6. The predicted molar refractivity (Wildman–Crippen MR) is 131 cm³/mol. The van der Waals surface area contributed by atoms with Crippen LogP contribution in [0, 0.1) is 6.92 Å². The number of benzene rings is 2. The van der Waals surface area contributed by atoms with Crippen molar-refractivity contribution in [3.05, 3.63) is 87.2 Å². The van der Waals surface area contributed by atoms with Crippen LogP contribution in [0.5, 0.6) is 5.75 Å². The number of amides is 1. The van der Waals surface area contributed by atoms with Gasteiger partial charge in [-0.25, -0.2) is 0 Å². The van der Waals surface area contributed by atoms with Crippen LogP contribution in [0.15, 0.2) is 71.1 Å². The first-order valence-electron chi connectivity index (χ1n) is 9.71. The highest BCUT2D eigenvalue weighted by Crippen LogP contribution is 2.34. The Morgan fingerprint density at radius 3 is 2.66 bits per heavy atom. The highest BCUT2D eigenvalue weighted by molar-refractivity contribution is 8.18. The number of aryl methyl sites for hydroxylation is 1. The fourth-order valence-electron chi connectivity index (χ4n) is 2.88. The lowest BCUT2D eigenvalue weighted by Crippen LogP contribution is -2.29. The normalized spacial score (nSPS) is 16.2. The molecule has 4 rings (SSSR count). The van der Waals surface area contributed by atoms with Crippen LogP contribution in [0.2, 0.25) is 5.02 Å². The van der Waals surface area contributed by atoms with Crippen LogP contribution in [-0.2, 0) is 11.4 Å². The molecule has 0 aliphatic carbocycles. The number of aliphatic imine (C=N–C) groups is 1. The maximum atomic E-state index is 12.9. The number of thioether (sulfide) groups is 1. The Bertz CT molecular complexity index is 1200. The molecule has 0 unspecified atom stereocenters. The molecule has 0 N–H and O–H groups in total. The minimum absolute atomic E-state index is 0.117. The van der Waals surface area contributed by atoms with E-state index in [1.54, 1.807) is 11.0 Å². The Morgan fingerprint density at radius 1 is 1.19 bits per heavy atom. The van der Waals surface area contributed by atoms with Crippen molar-refractivity contribution in [1.29, 1.82) is 0 Å². The molecular formula is C23H19ClN4O2S2. The minimum Gasteiger partial charge on any atom is -0.489 e. The van der Waals surface area contributed by atoms with Gasteiger partial charge in [-0.3, -0.25) is 9.69 Å². The second kappa shape index (κ2) is 10.1. The zero-order chi connectivity index (χ0) is 22.5. The molecule has 0 bridgehead atoms.